The molecule has 14 heavy (non-hydrogen) atoms. The van der Waals surface area contributed by atoms with Crippen LogP contribution in [-0.2, 0) is 10.0 Å². The fraction of sp³-hybridized carbons (Fsp3) is 1.00. The third-order valence-electron chi connectivity index (χ3n) is 2.85. The van der Waals surface area contributed by atoms with Crippen LogP contribution < -0.4 is 5.32 Å². The van der Waals surface area contributed by atoms with Crippen molar-refractivity contribution >= 4 is 10.0 Å². The molecule has 0 aliphatic heterocycles. The van der Waals surface area contributed by atoms with Gasteiger partial charge >= 0.3 is 0 Å². The molecular weight excluding hydrogens is 200 g/mol. The molecule has 0 heterocycles. The van der Waals surface area contributed by atoms with Crippen LogP contribution in [0.25, 0.3) is 0 Å². The number of hydrogen-bond donors (Lipinski definition) is 1. The zero-order valence-corrected chi connectivity index (χ0v) is 9.97. The minimum atomic E-state index is -3.03. The van der Waals surface area contributed by atoms with Crippen LogP contribution in [0.4, 0.5) is 0 Å². The molecular formula is C9H20N2O2S. The minimum absolute atomic E-state index is 0.196. The first-order valence-electron chi connectivity index (χ1n) is 5.06. The third-order valence-corrected chi connectivity index (χ3v) is 4.67. The summed E-state index contributed by atoms with van der Waals surface area (Å²) in [6.07, 6.45) is 1.17. The second-order valence-corrected chi connectivity index (χ2v) is 6.37. The predicted octanol–water partition coefficient (Wildman–Crippen LogP) is 0.123. The number of hydrogen-bond acceptors (Lipinski definition) is 3. The Hall–Kier alpha value is -0.130. The summed E-state index contributed by atoms with van der Waals surface area (Å²) < 4.78 is 24.8. The van der Waals surface area contributed by atoms with Crippen molar-refractivity contribution in [2.75, 3.05) is 32.9 Å². The molecule has 1 rings (SSSR count). The molecule has 4 nitrogen and oxygen atoms in total. The van der Waals surface area contributed by atoms with Crippen molar-refractivity contribution in [3.05, 3.63) is 0 Å². The second kappa shape index (κ2) is 4.59. The Balaban J connectivity index is 2.37. The van der Waals surface area contributed by atoms with Crippen LogP contribution in [0.3, 0.4) is 0 Å². The quantitative estimate of drug-likeness (QED) is 0.692. The average Bonchev–Trinajstić information content (AvgIpc) is 2.78. The van der Waals surface area contributed by atoms with E-state index in [-0.39, 0.29) is 5.75 Å². The van der Waals surface area contributed by atoms with Gasteiger partial charge in [-0.15, -0.1) is 0 Å². The van der Waals surface area contributed by atoms with Crippen molar-refractivity contribution in [1.29, 1.82) is 0 Å². The van der Waals surface area contributed by atoms with Crippen molar-refractivity contribution < 1.29 is 8.42 Å². The Morgan fingerprint density at radius 3 is 2.50 bits per heavy atom. The van der Waals surface area contributed by atoms with Gasteiger partial charge in [-0.25, -0.2) is 12.7 Å². The molecule has 1 aliphatic carbocycles. The smallest absolute Gasteiger partial charge is 0.215 e. The molecule has 5 heteroatoms. The molecule has 84 valence electrons. The van der Waals surface area contributed by atoms with Gasteiger partial charge in [0.05, 0.1) is 5.75 Å². The summed E-state index contributed by atoms with van der Waals surface area (Å²) in [5.74, 6) is 1.49. The van der Waals surface area contributed by atoms with Crippen LogP contribution in [0.15, 0.2) is 0 Å². The first-order valence-corrected chi connectivity index (χ1v) is 6.67. The Morgan fingerprint density at radius 1 is 1.50 bits per heavy atom. The van der Waals surface area contributed by atoms with Crippen molar-refractivity contribution in [2.24, 2.45) is 11.8 Å². The maximum absolute atomic E-state index is 11.6. The lowest BCUT2D eigenvalue weighted by Crippen LogP contribution is -2.34. The van der Waals surface area contributed by atoms with E-state index in [1.165, 1.54) is 10.7 Å². The van der Waals surface area contributed by atoms with E-state index in [9.17, 15) is 8.42 Å². The summed E-state index contributed by atoms with van der Waals surface area (Å²) in [5.41, 5.74) is 0. The average molecular weight is 220 g/mol. The van der Waals surface area contributed by atoms with Gasteiger partial charge in [0.25, 0.3) is 0 Å². The van der Waals surface area contributed by atoms with Gasteiger partial charge in [-0.3, -0.25) is 0 Å². The summed E-state index contributed by atoms with van der Waals surface area (Å²) in [6, 6.07) is 0. The minimum Gasteiger partial charge on any atom is -0.319 e. The Labute approximate surface area is 86.7 Å². The van der Waals surface area contributed by atoms with E-state index in [0.717, 1.165) is 0 Å². The molecule has 1 N–H and O–H groups in total. The molecule has 1 aliphatic rings. The molecule has 2 unspecified atom stereocenters. The van der Waals surface area contributed by atoms with Gasteiger partial charge < -0.3 is 5.32 Å². The third kappa shape index (κ3) is 3.22. The Morgan fingerprint density at radius 2 is 2.07 bits per heavy atom. The van der Waals surface area contributed by atoms with Gasteiger partial charge in [0.1, 0.15) is 0 Å². The van der Waals surface area contributed by atoms with E-state index in [4.69, 9.17) is 0 Å². The fourth-order valence-electron chi connectivity index (χ4n) is 1.48. The summed E-state index contributed by atoms with van der Waals surface area (Å²) in [5, 5.41) is 2.85. The highest BCUT2D eigenvalue weighted by atomic mass is 32.2. The molecule has 0 radical (unpaired) electrons. The van der Waals surface area contributed by atoms with E-state index in [0.29, 0.717) is 24.9 Å². The molecule has 0 spiro atoms. The van der Waals surface area contributed by atoms with E-state index in [1.54, 1.807) is 14.1 Å². The number of nitrogens with zero attached hydrogens (tertiary/aromatic N) is 1. The van der Waals surface area contributed by atoms with Crippen LogP contribution in [0.1, 0.15) is 13.3 Å². The first kappa shape index (κ1) is 11.9. The lowest BCUT2D eigenvalue weighted by Gasteiger charge is -2.16. The molecule has 0 amide bonds. The lowest BCUT2D eigenvalue weighted by atomic mass is 10.3. The molecule has 1 fully saturated rings. The monoisotopic (exact) mass is 220 g/mol. The van der Waals surface area contributed by atoms with E-state index < -0.39 is 10.0 Å². The topological polar surface area (TPSA) is 49.4 Å². The highest BCUT2D eigenvalue weighted by Crippen LogP contribution is 2.38. The zero-order chi connectivity index (χ0) is 10.8. The van der Waals surface area contributed by atoms with E-state index in [1.807, 2.05) is 0 Å². The SMILES string of the molecule is CNCCS(=O)(=O)N(C)CC1CC1C. The molecule has 1 saturated carbocycles. The molecule has 0 aromatic rings. The van der Waals surface area contributed by atoms with Crippen LogP contribution in [0.2, 0.25) is 0 Å². The molecule has 0 aromatic carbocycles. The zero-order valence-electron chi connectivity index (χ0n) is 9.16. The van der Waals surface area contributed by atoms with Gasteiger partial charge in [-0.2, -0.15) is 0 Å². The normalized spacial score (nSPS) is 26.9. The maximum Gasteiger partial charge on any atom is 0.215 e. The molecule has 2 atom stereocenters. The van der Waals surface area contributed by atoms with Crippen molar-refractivity contribution in [3.63, 3.8) is 0 Å². The van der Waals surface area contributed by atoms with Gasteiger partial charge in [-0.1, -0.05) is 6.92 Å². The Bertz CT molecular complexity index is 277. The molecule has 0 saturated heterocycles. The summed E-state index contributed by atoms with van der Waals surface area (Å²) in [4.78, 5) is 0. The summed E-state index contributed by atoms with van der Waals surface area (Å²) >= 11 is 0. The van der Waals surface area contributed by atoms with Gasteiger partial charge in [0.2, 0.25) is 10.0 Å². The number of sulfonamides is 1. The van der Waals surface area contributed by atoms with Crippen LogP contribution in [0.5, 0.6) is 0 Å². The molecule has 0 aromatic heterocycles. The predicted molar refractivity (Wildman–Crippen MR) is 57.6 cm³/mol. The van der Waals surface area contributed by atoms with Gasteiger partial charge in [0, 0.05) is 20.1 Å². The van der Waals surface area contributed by atoms with Crippen LogP contribution in [0, 0.1) is 11.8 Å². The van der Waals surface area contributed by atoms with E-state index in [2.05, 4.69) is 12.2 Å². The maximum atomic E-state index is 11.6. The van der Waals surface area contributed by atoms with Crippen molar-refractivity contribution in [1.82, 2.24) is 9.62 Å². The van der Waals surface area contributed by atoms with E-state index >= 15 is 0 Å². The summed E-state index contributed by atoms with van der Waals surface area (Å²) in [6.45, 7) is 3.37. The number of rotatable bonds is 6. The first-order chi connectivity index (χ1) is 6.47. The lowest BCUT2D eigenvalue weighted by molar-refractivity contribution is 0.444. The number of nitrogens with one attached hydrogen (secondary N) is 1. The molecule has 0 bridgehead atoms. The van der Waals surface area contributed by atoms with Crippen LogP contribution >= 0.6 is 0 Å². The summed E-state index contributed by atoms with van der Waals surface area (Å²) in [7, 11) is 0.409. The standard InChI is InChI=1S/C9H20N2O2S/c1-8-6-9(8)7-11(3)14(12,13)5-4-10-2/h8-10H,4-7H2,1-3H3. The van der Waals surface area contributed by atoms with Gasteiger partial charge in [-0.05, 0) is 25.3 Å². The van der Waals surface area contributed by atoms with Gasteiger partial charge in [0.15, 0.2) is 0 Å². The fourth-order valence-corrected chi connectivity index (χ4v) is 2.68. The Kier molecular flexibility index (Phi) is 3.92. The van der Waals surface area contributed by atoms with Crippen molar-refractivity contribution in [2.45, 2.75) is 13.3 Å². The van der Waals surface area contributed by atoms with Crippen LogP contribution in [-0.4, -0.2) is 45.7 Å². The van der Waals surface area contributed by atoms with Crippen molar-refractivity contribution in [3.8, 4) is 0 Å². The highest BCUT2D eigenvalue weighted by Gasteiger charge is 2.35. The second-order valence-electron chi connectivity index (χ2n) is 4.17. The highest BCUT2D eigenvalue weighted by molar-refractivity contribution is 7.89. The largest absolute Gasteiger partial charge is 0.319 e.